The quantitative estimate of drug-likeness (QED) is 0.498. The van der Waals surface area contributed by atoms with E-state index in [1.807, 2.05) is 13.0 Å². The van der Waals surface area contributed by atoms with Crippen LogP contribution < -0.4 is 0 Å². The summed E-state index contributed by atoms with van der Waals surface area (Å²) >= 11 is 0. The second-order valence-electron chi connectivity index (χ2n) is 4.50. The van der Waals surface area contributed by atoms with Gasteiger partial charge in [0.25, 0.3) is 0 Å². The van der Waals surface area contributed by atoms with Crippen molar-refractivity contribution in [3.05, 3.63) is 12.0 Å². The molecule has 2 heteroatoms. The lowest BCUT2D eigenvalue weighted by Gasteiger charge is -2.31. The fraction of sp³-hybridized carbons (Fsp3) is 0.750. The Balaban J connectivity index is 1.99. The molecule has 2 saturated carbocycles. The molecule has 1 spiro atoms. The van der Waals surface area contributed by atoms with Gasteiger partial charge in [0.15, 0.2) is 0 Å². The molecule has 1 unspecified atom stereocenters. The highest BCUT2D eigenvalue weighted by Crippen LogP contribution is 2.57. The Bertz CT molecular complexity index is 253. The molecule has 2 fully saturated rings. The molecule has 0 aromatic carbocycles. The van der Waals surface area contributed by atoms with Gasteiger partial charge in [-0.05, 0) is 51.8 Å². The third kappa shape index (κ3) is 1.70. The monoisotopic (exact) mass is 193 g/mol. The summed E-state index contributed by atoms with van der Waals surface area (Å²) in [6.45, 7) is 5.47. The second-order valence-corrected chi connectivity index (χ2v) is 4.50. The first-order chi connectivity index (χ1) is 6.80. The maximum absolute atomic E-state index is 5.90. The molecule has 0 saturated heterocycles. The average Bonchev–Trinajstić information content (AvgIpc) is 2.98. The molecular weight excluding hydrogens is 174 g/mol. The van der Waals surface area contributed by atoms with Crippen LogP contribution in [0.1, 0.15) is 45.4 Å². The smallest absolute Gasteiger partial charge is 0.208 e. The van der Waals surface area contributed by atoms with E-state index in [0.717, 1.165) is 0 Å². The fourth-order valence-electron chi connectivity index (χ4n) is 2.53. The van der Waals surface area contributed by atoms with Crippen LogP contribution in [-0.2, 0) is 4.74 Å². The van der Waals surface area contributed by atoms with Crippen molar-refractivity contribution in [3.63, 3.8) is 0 Å². The molecule has 2 nitrogen and oxygen atoms in total. The molecule has 0 aromatic rings. The predicted molar refractivity (Wildman–Crippen MR) is 58.3 cm³/mol. The zero-order valence-electron chi connectivity index (χ0n) is 8.96. The summed E-state index contributed by atoms with van der Waals surface area (Å²) < 4.78 is 5.90. The van der Waals surface area contributed by atoms with E-state index in [9.17, 15) is 0 Å². The molecule has 0 amide bonds. The molecule has 0 bridgehead atoms. The normalized spacial score (nSPS) is 30.1. The number of ether oxygens (including phenoxy) is 1. The van der Waals surface area contributed by atoms with E-state index in [1.165, 1.54) is 38.5 Å². The van der Waals surface area contributed by atoms with Crippen LogP contribution in [0.15, 0.2) is 17.0 Å². The van der Waals surface area contributed by atoms with E-state index in [0.29, 0.717) is 17.4 Å². The second kappa shape index (κ2) is 3.76. The van der Waals surface area contributed by atoms with Crippen LogP contribution in [0.2, 0.25) is 0 Å². The molecular formula is C12H19NO. The highest BCUT2D eigenvalue weighted by molar-refractivity contribution is 5.27. The van der Waals surface area contributed by atoms with Crippen molar-refractivity contribution in [3.8, 4) is 0 Å². The lowest BCUT2D eigenvalue weighted by atomic mass is 9.83. The van der Waals surface area contributed by atoms with Crippen LogP contribution in [0, 0.1) is 5.41 Å². The number of aliphatic imine (C=N–C) groups is 1. The maximum Gasteiger partial charge on any atom is 0.208 e. The summed E-state index contributed by atoms with van der Waals surface area (Å²) in [5.74, 6) is 0.711. The summed E-state index contributed by atoms with van der Waals surface area (Å²) in [6.07, 6.45) is 10.3. The van der Waals surface area contributed by atoms with E-state index in [1.54, 1.807) is 0 Å². The lowest BCUT2D eigenvalue weighted by Crippen LogP contribution is -2.28. The molecule has 78 valence electrons. The number of hydrogen-bond acceptors (Lipinski definition) is 2. The van der Waals surface area contributed by atoms with Crippen LogP contribution in [0.5, 0.6) is 0 Å². The van der Waals surface area contributed by atoms with Crippen LogP contribution in [0.4, 0.5) is 0 Å². The van der Waals surface area contributed by atoms with Gasteiger partial charge in [-0.3, -0.25) is 0 Å². The van der Waals surface area contributed by atoms with Crippen molar-refractivity contribution < 1.29 is 4.74 Å². The molecule has 2 aliphatic rings. The lowest BCUT2D eigenvalue weighted by molar-refractivity contribution is 0.0197. The minimum absolute atomic E-state index is 0.410. The van der Waals surface area contributed by atoms with Gasteiger partial charge in [-0.15, -0.1) is 0 Å². The fourth-order valence-corrected chi connectivity index (χ4v) is 2.53. The summed E-state index contributed by atoms with van der Waals surface area (Å²) in [5, 5.41) is 0. The van der Waals surface area contributed by atoms with Gasteiger partial charge in [0.2, 0.25) is 5.88 Å². The first kappa shape index (κ1) is 9.75. The molecule has 0 aliphatic heterocycles. The van der Waals surface area contributed by atoms with Crippen LogP contribution in [0.3, 0.4) is 0 Å². The van der Waals surface area contributed by atoms with Gasteiger partial charge in [-0.25, -0.2) is 4.99 Å². The van der Waals surface area contributed by atoms with Gasteiger partial charge in [0.1, 0.15) is 6.10 Å². The Hall–Kier alpha value is -0.790. The van der Waals surface area contributed by atoms with Gasteiger partial charge >= 0.3 is 0 Å². The largest absolute Gasteiger partial charge is 0.474 e. The summed E-state index contributed by atoms with van der Waals surface area (Å²) in [4.78, 5) is 3.88. The highest BCUT2D eigenvalue weighted by atomic mass is 16.5. The van der Waals surface area contributed by atoms with Gasteiger partial charge in [-0.2, -0.15) is 0 Å². The minimum atomic E-state index is 0.410. The van der Waals surface area contributed by atoms with Crippen molar-refractivity contribution in [1.29, 1.82) is 0 Å². The Morgan fingerprint density at radius 2 is 2.21 bits per heavy atom. The number of rotatable bonds is 3. The van der Waals surface area contributed by atoms with E-state index in [-0.39, 0.29) is 0 Å². The first-order valence-corrected chi connectivity index (χ1v) is 5.60. The molecule has 0 heterocycles. The zero-order chi connectivity index (χ0) is 10.0. The van der Waals surface area contributed by atoms with Gasteiger partial charge in [0.05, 0.1) is 0 Å². The SMILES string of the molecule is C=NC(=CC)OC1CCCCC12CC2. The molecule has 2 aliphatic carbocycles. The predicted octanol–water partition coefficient (Wildman–Crippen LogP) is 3.29. The standard InChI is InChI=1S/C12H19NO/c1-3-11(13-2)14-10-6-4-5-7-12(10)8-9-12/h3,10H,2,4-9H2,1H3. The molecule has 14 heavy (non-hydrogen) atoms. The van der Waals surface area contributed by atoms with E-state index >= 15 is 0 Å². The third-order valence-corrected chi connectivity index (χ3v) is 3.63. The molecule has 0 N–H and O–H groups in total. The highest BCUT2D eigenvalue weighted by Gasteiger charge is 2.51. The van der Waals surface area contributed by atoms with Crippen molar-refractivity contribution >= 4 is 6.72 Å². The van der Waals surface area contributed by atoms with Crippen LogP contribution in [0.25, 0.3) is 0 Å². The van der Waals surface area contributed by atoms with Gasteiger partial charge < -0.3 is 4.74 Å². The first-order valence-electron chi connectivity index (χ1n) is 5.60. The van der Waals surface area contributed by atoms with Crippen molar-refractivity contribution in [2.75, 3.05) is 0 Å². The molecule has 0 aromatic heterocycles. The summed E-state index contributed by atoms with van der Waals surface area (Å²) in [5.41, 5.74) is 0.525. The number of nitrogens with zero attached hydrogens (tertiary/aromatic N) is 1. The van der Waals surface area contributed by atoms with Crippen LogP contribution in [-0.4, -0.2) is 12.8 Å². The Labute approximate surface area is 86.1 Å². The number of allylic oxidation sites excluding steroid dienone is 1. The zero-order valence-corrected chi connectivity index (χ0v) is 8.96. The number of hydrogen-bond donors (Lipinski definition) is 0. The molecule has 0 radical (unpaired) electrons. The maximum atomic E-state index is 5.90. The van der Waals surface area contributed by atoms with Crippen molar-refractivity contribution in [2.24, 2.45) is 10.4 Å². The minimum Gasteiger partial charge on any atom is -0.474 e. The topological polar surface area (TPSA) is 21.6 Å². The molecule has 1 atom stereocenters. The molecule has 2 rings (SSSR count). The van der Waals surface area contributed by atoms with Gasteiger partial charge in [-0.1, -0.05) is 6.42 Å². The Kier molecular flexibility index (Phi) is 2.62. The average molecular weight is 193 g/mol. The third-order valence-electron chi connectivity index (χ3n) is 3.63. The van der Waals surface area contributed by atoms with Crippen molar-refractivity contribution in [2.45, 2.75) is 51.6 Å². The van der Waals surface area contributed by atoms with E-state index in [4.69, 9.17) is 4.74 Å². The van der Waals surface area contributed by atoms with Gasteiger partial charge in [0, 0.05) is 5.41 Å². The van der Waals surface area contributed by atoms with Crippen molar-refractivity contribution in [1.82, 2.24) is 0 Å². The van der Waals surface area contributed by atoms with E-state index < -0.39 is 0 Å². The Morgan fingerprint density at radius 3 is 2.79 bits per heavy atom. The van der Waals surface area contributed by atoms with Crippen LogP contribution >= 0.6 is 0 Å². The Morgan fingerprint density at radius 1 is 1.43 bits per heavy atom. The summed E-state index contributed by atoms with van der Waals surface area (Å²) in [6, 6.07) is 0. The summed E-state index contributed by atoms with van der Waals surface area (Å²) in [7, 11) is 0. The van der Waals surface area contributed by atoms with E-state index in [2.05, 4.69) is 11.7 Å².